The zero-order chi connectivity index (χ0) is 18.4. The van der Waals surface area contributed by atoms with Crippen molar-refractivity contribution in [2.24, 2.45) is 0 Å². The van der Waals surface area contributed by atoms with Gasteiger partial charge < -0.3 is 10.1 Å². The molecule has 1 amide bonds. The summed E-state index contributed by atoms with van der Waals surface area (Å²) in [6, 6.07) is 14.3. The second-order valence-electron chi connectivity index (χ2n) is 5.42. The number of carbonyl (C=O) groups excluding carboxylic acids is 1. The standard InChI is InChI=1S/C20H16ClN3O2/c1-14-18(7-4-12-22-14)26-20-11-9-16(13-23-20)24-19(25)10-8-15-5-2-3-6-17(15)21/h2-13H,1H3,(H,24,25)/b10-8+. The van der Waals surface area contributed by atoms with Crippen LogP contribution in [0.15, 0.2) is 67.0 Å². The predicted octanol–water partition coefficient (Wildman–Crippen LogP) is 4.88. The normalized spacial score (nSPS) is 10.7. The summed E-state index contributed by atoms with van der Waals surface area (Å²) < 4.78 is 5.67. The number of rotatable bonds is 5. The van der Waals surface area contributed by atoms with E-state index in [9.17, 15) is 4.79 Å². The molecule has 6 heteroatoms. The highest BCUT2D eigenvalue weighted by atomic mass is 35.5. The molecule has 2 heterocycles. The zero-order valence-electron chi connectivity index (χ0n) is 14.0. The topological polar surface area (TPSA) is 64.1 Å². The average molecular weight is 366 g/mol. The van der Waals surface area contributed by atoms with Crippen LogP contribution in [0.5, 0.6) is 11.6 Å². The number of anilines is 1. The Balaban J connectivity index is 1.61. The number of benzene rings is 1. The number of aryl methyl sites for hydroxylation is 1. The van der Waals surface area contributed by atoms with Gasteiger partial charge in [-0.3, -0.25) is 9.78 Å². The summed E-state index contributed by atoms with van der Waals surface area (Å²) in [6.45, 7) is 1.86. The molecule has 1 N–H and O–H groups in total. The second kappa shape index (κ2) is 8.27. The molecule has 1 aromatic carbocycles. The second-order valence-corrected chi connectivity index (χ2v) is 5.83. The Bertz CT molecular complexity index is 940. The Morgan fingerprint density at radius 1 is 1.12 bits per heavy atom. The largest absolute Gasteiger partial charge is 0.437 e. The Hall–Kier alpha value is -3.18. The van der Waals surface area contributed by atoms with Crippen LogP contribution < -0.4 is 10.1 Å². The fraction of sp³-hybridized carbons (Fsp3) is 0.0500. The molecule has 0 radical (unpaired) electrons. The third kappa shape index (κ3) is 4.68. The highest BCUT2D eigenvalue weighted by molar-refractivity contribution is 6.32. The van der Waals surface area contributed by atoms with E-state index < -0.39 is 0 Å². The maximum atomic E-state index is 12.0. The summed E-state index contributed by atoms with van der Waals surface area (Å²) in [6.07, 6.45) is 6.31. The van der Waals surface area contributed by atoms with E-state index in [0.717, 1.165) is 11.3 Å². The van der Waals surface area contributed by atoms with Crippen LogP contribution in [-0.2, 0) is 4.79 Å². The number of ether oxygens (including phenoxy) is 1. The zero-order valence-corrected chi connectivity index (χ0v) is 14.8. The maximum Gasteiger partial charge on any atom is 0.248 e. The third-order valence-electron chi connectivity index (χ3n) is 3.50. The van der Waals surface area contributed by atoms with E-state index in [0.29, 0.717) is 22.3 Å². The molecule has 0 saturated heterocycles. The number of pyridine rings is 2. The first-order chi connectivity index (χ1) is 12.6. The lowest BCUT2D eigenvalue weighted by Crippen LogP contribution is -2.08. The van der Waals surface area contributed by atoms with Gasteiger partial charge in [-0.05, 0) is 42.8 Å². The van der Waals surface area contributed by atoms with Crippen molar-refractivity contribution in [3.63, 3.8) is 0 Å². The van der Waals surface area contributed by atoms with Crippen molar-refractivity contribution in [3.8, 4) is 11.6 Å². The predicted molar refractivity (Wildman–Crippen MR) is 102 cm³/mol. The number of aromatic nitrogens is 2. The lowest BCUT2D eigenvalue weighted by Gasteiger charge is -2.07. The molecule has 2 aromatic heterocycles. The molecule has 0 unspecified atom stereocenters. The Labute approximate surface area is 156 Å². The van der Waals surface area contributed by atoms with Gasteiger partial charge in [0.05, 0.1) is 17.6 Å². The van der Waals surface area contributed by atoms with Crippen molar-refractivity contribution in [1.29, 1.82) is 0 Å². The highest BCUT2D eigenvalue weighted by Crippen LogP contribution is 2.22. The monoisotopic (exact) mass is 365 g/mol. The average Bonchev–Trinajstić information content (AvgIpc) is 2.64. The molecule has 3 aromatic rings. The van der Waals surface area contributed by atoms with Gasteiger partial charge >= 0.3 is 0 Å². The van der Waals surface area contributed by atoms with Gasteiger partial charge in [0.25, 0.3) is 0 Å². The third-order valence-corrected chi connectivity index (χ3v) is 3.84. The number of hydrogen-bond acceptors (Lipinski definition) is 4. The number of amides is 1. The summed E-state index contributed by atoms with van der Waals surface area (Å²) in [5.74, 6) is 0.786. The lowest BCUT2D eigenvalue weighted by molar-refractivity contribution is -0.111. The van der Waals surface area contributed by atoms with Crippen molar-refractivity contribution in [2.75, 3.05) is 5.32 Å². The molecular formula is C20H16ClN3O2. The van der Waals surface area contributed by atoms with Crippen LogP contribution in [0, 0.1) is 6.92 Å². The van der Waals surface area contributed by atoms with Gasteiger partial charge in [-0.15, -0.1) is 0 Å². The van der Waals surface area contributed by atoms with Gasteiger partial charge in [-0.2, -0.15) is 0 Å². The summed E-state index contributed by atoms with van der Waals surface area (Å²) in [5, 5.41) is 3.32. The van der Waals surface area contributed by atoms with Gasteiger partial charge in [-0.1, -0.05) is 29.8 Å². The molecular weight excluding hydrogens is 350 g/mol. The van der Waals surface area contributed by atoms with Gasteiger partial charge in [-0.25, -0.2) is 4.98 Å². The van der Waals surface area contributed by atoms with Crippen LogP contribution in [0.1, 0.15) is 11.3 Å². The molecule has 0 aliphatic carbocycles. The summed E-state index contributed by atoms with van der Waals surface area (Å²) in [4.78, 5) is 20.4. The van der Waals surface area contributed by atoms with Crippen LogP contribution in [0.4, 0.5) is 5.69 Å². The van der Waals surface area contributed by atoms with Crippen molar-refractivity contribution in [1.82, 2.24) is 9.97 Å². The van der Waals surface area contributed by atoms with Crippen LogP contribution >= 0.6 is 11.6 Å². The fourth-order valence-electron chi connectivity index (χ4n) is 2.16. The summed E-state index contributed by atoms with van der Waals surface area (Å²) >= 11 is 6.05. The molecule has 0 spiro atoms. The molecule has 130 valence electrons. The molecule has 5 nitrogen and oxygen atoms in total. The molecule has 0 aliphatic heterocycles. The van der Waals surface area contributed by atoms with E-state index in [1.165, 1.54) is 12.3 Å². The van der Waals surface area contributed by atoms with E-state index >= 15 is 0 Å². The van der Waals surface area contributed by atoms with E-state index in [1.807, 2.05) is 31.2 Å². The number of halogens is 1. The molecule has 0 aliphatic rings. The number of carbonyl (C=O) groups is 1. The van der Waals surface area contributed by atoms with Gasteiger partial charge in [0.2, 0.25) is 11.8 Å². The Morgan fingerprint density at radius 2 is 1.96 bits per heavy atom. The molecule has 0 fully saturated rings. The molecule has 0 bridgehead atoms. The van der Waals surface area contributed by atoms with Crippen molar-refractivity contribution >= 4 is 29.3 Å². The molecule has 3 rings (SSSR count). The first kappa shape index (κ1) is 17.6. The number of nitrogens with one attached hydrogen (secondary N) is 1. The Morgan fingerprint density at radius 3 is 2.69 bits per heavy atom. The Kier molecular flexibility index (Phi) is 5.61. The van der Waals surface area contributed by atoms with Gasteiger partial charge in [0.15, 0.2) is 5.75 Å². The quantitative estimate of drug-likeness (QED) is 0.654. The SMILES string of the molecule is Cc1ncccc1Oc1ccc(NC(=O)/C=C/c2ccccc2Cl)cn1. The van der Waals surface area contributed by atoms with Crippen LogP contribution in [-0.4, -0.2) is 15.9 Å². The van der Waals surface area contributed by atoms with E-state index in [1.54, 1.807) is 36.5 Å². The van der Waals surface area contributed by atoms with E-state index in [-0.39, 0.29) is 5.91 Å². The molecule has 0 atom stereocenters. The van der Waals surface area contributed by atoms with Crippen molar-refractivity contribution in [3.05, 3.63) is 83.3 Å². The fourth-order valence-corrected chi connectivity index (χ4v) is 2.36. The highest BCUT2D eigenvalue weighted by Gasteiger charge is 2.04. The van der Waals surface area contributed by atoms with Gasteiger partial charge in [0, 0.05) is 23.4 Å². The first-order valence-corrected chi connectivity index (χ1v) is 8.29. The minimum atomic E-state index is -0.275. The van der Waals surface area contributed by atoms with Crippen molar-refractivity contribution < 1.29 is 9.53 Å². The van der Waals surface area contributed by atoms with E-state index in [2.05, 4.69) is 15.3 Å². The van der Waals surface area contributed by atoms with Crippen LogP contribution in [0.3, 0.4) is 0 Å². The number of nitrogens with zero attached hydrogens (tertiary/aromatic N) is 2. The van der Waals surface area contributed by atoms with Gasteiger partial charge in [0.1, 0.15) is 0 Å². The van der Waals surface area contributed by atoms with Crippen molar-refractivity contribution in [2.45, 2.75) is 6.92 Å². The smallest absolute Gasteiger partial charge is 0.248 e. The summed E-state index contributed by atoms with van der Waals surface area (Å²) in [5.41, 5.74) is 2.11. The van der Waals surface area contributed by atoms with Crippen LogP contribution in [0.25, 0.3) is 6.08 Å². The molecule has 0 saturated carbocycles. The summed E-state index contributed by atoms with van der Waals surface area (Å²) in [7, 11) is 0. The number of hydrogen-bond donors (Lipinski definition) is 1. The van der Waals surface area contributed by atoms with E-state index in [4.69, 9.17) is 16.3 Å². The lowest BCUT2D eigenvalue weighted by atomic mass is 10.2. The first-order valence-electron chi connectivity index (χ1n) is 7.91. The molecule has 26 heavy (non-hydrogen) atoms. The maximum absolute atomic E-state index is 12.0. The minimum Gasteiger partial charge on any atom is -0.437 e. The van der Waals surface area contributed by atoms with Crippen LogP contribution in [0.2, 0.25) is 5.02 Å². The minimum absolute atomic E-state index is 0.275.